The van der Waals surface area contributed by atoms with Crippen molar-refractivity contribution in [1.29, 1.82) is 0 Å². The molecule has 0 aliphatic rings. The molecule has 122 valence electrons. The summed E-state index contributed by atoms with van der Waals surface area (Å²) in [5, 5.41) is 6.21. The van der Waals surface area contributed by atoms with Crippen LogP contribution >= 0.6 is 0 Å². The second-order valence-corrected chi connectivity index (χ2v) is 7.93. The summed E-state index contributed by atoms with van der Waals surface area (Å²) in [6.07, 6.45) is 0. The van der Waals surface area contributed by atoms with Crippen LogP contribution in [0, 0.1) is 12.3 Å². The predicted octanol–water partition coefficient (Wildman–Crippen LogP) is 3.66. The van der Waals surface area contributed by atoms with Crippen LogP contribution in [-0.4, -0.2) is 19.2 Å². The van der Waals surface area contributed by atoms with Crippen molar-refractivity contribution in [2.24, 2.45) is 15.6 Å². The molecule has 1 aromatic carbocycles. The zero-order valence-electron chi connectivity index (χ0n) is 13.1. The Kier molecular flexibility index (Phi) is 5.06. The lowest BCUT2D eigenvalue weighted by molar-refractivity contribution is -0.128. The summed E-state index contributed by atoms with van der Waals surface area (Å²) in [7, 11) is -4.58. The Morgan fingerprint density at radius 1 is 1.04 bits per heavy atom. The number of Topliss-reactive ketones (excluding diaryl/α,β-unsaturated/α-hetero) is 1. The van der Waals surface area contributed by atoms with E-state index in [1.165, 1.54) is 45.0 Å². The summed E-state index contributed by atoms with van der Waals surface area (Å²) in [4.78, 5) is 14.3. The average molecular weight is 336 g/mol. The van der Waals surface area contributed by atoms with E-state index in [4.69, 9.17) is 11.1 Å². The van der Waals surface area contributed by atoms with Crippen molar-refractivity contribution in [1.82, 2.24) is 0 Å². The molecule has 0 aliphatic carbocycles. The molecule has 0 N–H and O–H groups in total. The van der Waals surface area contributed by atoms with Gasteiger partial charge >= 0.3 is 0 Å². The van der Waals surface area contributed by atoms with Gasteiger partial charge in [-0.1, -0.05) is 48.7 Å². The van der Waals surface area contributed by atoms with E-state index in [2.05, 4.69) is 20.1 Å². The van der Waals surface area contributed by atoms with Crippen molar-refractivity contribution >= 4 is 15.6 Å². The van der Waals surface area contributed by atoms with Crippen LogP contribution in [0.15, 0.2) is 39.4 Å². The van der Waals surface area contributed by atoms with Crippen molar-refractivity contribution in [3.05, 3.63) is 50.7 Å². The van der Waals surface area contributed by atoms with Crippen molar-refractivity contribution in [3.8, 4) is 0 Å². The summed E-state index contributed by atoms with van der Waals surface area (Å²) in [6.45, 7) is 6.07. The van der Waals surface area contributed by atoms with Crippen molar-refractivity contribution in [2.45, 2.75) is 37.6 Å². The number of carbonyl (C=O) groups excluding carboxylic acids is 1. The molecule has 9 nitrogen and oxygen atoms in total. The van der Waals surface area contributed by atoms with E-state index in [1.807, 2.05) is 0 Å². The van der Waals surface area contributed by atoms with Crippen LogP contribution in [0.1, 0.15) is 26.3 Å². The van der Waals surface area contributed by atoms with Crippen LogP contribution in [0.3, 0.4) is 0 Å². The van der Waals surface area contributed by atoms with Crippen LogP contribution in [0.5, 0.6) is 0 Å². The van der Waals surface area contributed by atoms with E-state index in [-0.39, 0.29) is 4.90 Å². The van der Waals surface area contributed by atoms with E-state index < -0.39 is 26.0 Å². The molecule has 1 rings (SSSR count). The van der Waals surface area contributed by atoms with Crippen molar-refractivity contribution in [2.75, 3.05) is 0 Å². The third kappa shape index (κ3) is 3.29. The zero-order valence-corrected chi connectivity index (χ0v) is 13.9. The number of aryl methyl sites for hydroxylation is 1. The largest absolute Gasteiger partial charge is 0.297 e. The highest BCUT2D eigenvalue weighted by atomic mass is 32.2. The topological polar surface area (TPSA) is 149 Å². The molecule has 0 heterocycles. The Labute approximate surface area is 133 Å². The maximum absolute atomic E-state index is 12.9. The minimum Gasteiger partial charge on any atom is -0.297 e. The number of benzene rings is 1. The molecule has 1 aromatic rings. The van der Waals surface area contributed by atoms with Gasteiger partial charge in [0.05, 0.1) is 4.90 Å². The maximum atomic E-state index is 12.9. The van der Waals surface area contributed by atoms with E-state index in [0.717, 1.165) is 5.56 Å². The second-order valence-electron chi connectivity index (χ2n) is 5.88. The van der Waals surface area contributed by atoms with E-state index in [0.29, 0.717) is 0 Å². The first-order chi connectivity index (χ1) is 10.5. The first kappa shape index (κ1) is 18.5. The molecule has 0 aliphatic heterocycles. The van der Waals surface area contributed by atoms with E-state index in [9.17, 15) is 13.2 Å². The molecule has 0 atom stereocenters. The lowest BCUT2D eigenvalue weighted by Crippen LogP contribution is -2.48. The molecule has 0 saturated carbocycles. The Balaban J connectivity index is 3.82. The number of ketones is 1. The van der Waals surface area contributed by atoms with Gasteiger partial charge in [-0.25, -0.2) is 8.42 Å². The normalized spacial score (nSPS) is 14.1. The standard InChI is InChI=1S/C13H16N6O3S/c1-9-5-7-10(8-6-9)23(21,22)13(16-18-14,17-19-15)11(20)12(2,3)4/h5-8H,1-4H3. The van der Waals surface area contributed by atoms with Crippen LogP contribution in [0.25, 0.3) is 20.9 Å². The van der Waals surface area contributed by atoms with Gasteiger partial charge in [-0.15, -0.1) is 0 Å². The lowest BCUT2D eigenvalue weighted by Gasteiger charge is -2.29. The summed E-state index contributed by atoms with van der Waals surface area (Å²) in [6, 6.07) is 5.56. The Bertz CT molecular complexity index is 792. The third-order valence-corrected chi connectivity index (χ3v) is 5.03. The Morgan fingerprint density at radius 2 is 1.48 bits per heavy atom. The number of azide groups is 1. The molecule has 23 heavy (non-hydrogen) atoms. The minimum absolute atomic E-state index is 0.277. The quantitative estimate of drug-likeness (QED) is 0.458. The molecule has 0 bridgehead atoms. The van der Waals surface area contributed by atoms with Crippen LogP contribution in [0.4, 0.5) is 0 Å². The van der Waals surface area contributed by atoms with E-state index >= 15 is 0 Å². The van der Waals surface area contributed by atoms with Gasteiger partial charge in [0, 0.05) is 15.2 Å². The van der Waals surface area contributed by atoms with Crippen LogP contribution in [0.2, 0.25) is 0 Å². The average Bonchev–Trinajstić information content (AvgIpc) is 2.45. The fraction of sp³-hybridized carbons (Fsp3) is 0.462. The predicted molar refractivity (Wildman–Crippen MR) is 83.8 cm³/mol. The smallest absolute Gasteiger partial charge is 0.290 e. The zero-order chi connectivity index (χ0) is 17.9. The van der Waals surface area contributed by atoms with E-state index in [1.54, 1.807) is 6.92 Å². The molecule has 0 fully saturated rings. The SMILES string of the molecule is Cc1ccc(S(=O)(=O)C(N=[N+]=[N-])(N=[N+]=[N-])C(=O)C(C)(C)C)cc1. The van der Waals surface area contributed by atoms with Crippen LogP contribution < -0.4 is 0 Å². The number of carbonyl (C=O) groups is 1. The highest BCUT2D eigenvalue weighted by molar-refractivity contribution is 7.93. The summed E-state index contributed by atoms with van der Waals surface area (Å²) in [5.41, 5.74) is 17.1. The number of hydrogen-bond donors (Lipinski definition) is 0. The monoisotopic (exact) mass is 336 g/mol. The van der Waals surface area contributed by atoms with Gasteiger partial charge in [0.25, 0.3) is 4.99 Å². The molecule has 0 aromatic heterocycles. The van der Waals surface area contributed by atoms with Gasteiger partial charge in [-0.3, -0.25) is 4.79 Å². The minimum atomic E-state index is -4.58. The van der Waals surface area contributed by atoms with Crippen molar-refractivity contribution < 1.29 is 13.2 Å². The fourth-order valence-electron chi connectivity index (χ4n) is 1.83. The number of sulfone groups is 1. The number of rotatable bonds is 5. The second kappa shape index (κ2) is 6.29. The summed E-state index contributed by atoms with van der Waals surface area (Å²) in [5.74, 6) is -1.01. The molecule has 0 spiro atoms. The molecule has 0 radical (unpaired) electrons. The first-order valence-corrected chi connectivity index (χ1v) is 8.00. The molecule has 0 amide bonds. The van der Waals surface area contributed by atoms with Gasteiger partial charge in [0.1, 0.15) is 0 Å². The fourth-order valence-corrected chi connectivity index (χ4v) is 3.49. The summed E-state index contributed by atoms with van der Waals surface area (Å²) < 4.78 is 25.8. The number of nitrogens with zero attached hydrogens (tertiary/aromatic N) is 6. The third-order valence-electron chi connectivity index (χ3n) is 3.04. The lowest BCUT2D eigenvalue weighted by atomic mass is 9.89. The molecule has 10 heteroatoms. The summed E-state index contributed by atoms with van der Waals surface area (Å²) >= 11 is 0. The Morgan fingerprint density at radius 3 is 1.83 bits per heavy atom. The van der Waals surface area contributed by atoms with Crippen LogP contribution in [-0.2, 0) is 14.6 Å². The highest BCUT2D eigenvalue weighted by Crippen LogP contribution is 2.36. The van der Waals surface area contributed by atoms with Gasteiger partial charge < -0.3 is 0 Å². The van der Waals surface area contributed by atoms with Crippen molar-refractivity contribution in [3.63, 3.8) is 0 Å². The van der Waals surface area contributed by atoms with Gasteiger partial charge in [-0.05, 0) is 30.1 Å². The maximum Gasteiger partial charge on any atom is 0.290 e. The first-order valence-electron chi connectivity index (χ1n) is 6.51. The number of hydrogen-bond acceptors (Lipinski definition) is 5. The Hall–Kier alpha value is -2.54. The van der Waals surface area contributed by atoms with Gasteiger partial charge in [-0.2, -0.15) is 0 Å². The molecular weight excluding hydrogens is 320 g/mol. The molecule has 0 unspecified atom stereocenters. The van der Waals surface area contributed by atoms with Gasteiger partial charge in [0.2, 0.25) is 9.84 Å². The molecule has 0 saturated heterocycles. The molecular formula is C13H16N6O3S. The highest BCUT2D eigenvalue weighted by Gasteiger charge is 2.54. The van der Waals surface area contributed by atoms with Gasteiger partial charge in [0.15, 0.2) is 5.78 Å².